The van der Waals surface area contributed by atoms with E-state index in [0.717, 1.165) is 34.3 Å². The largest absolute Gasteiger partial charge is 0.368 e. The van der Waals surface area contributed by atoms with Gasteiger partial charge in [-0.3, -0.25) is 0 Å². The van der Waals surface area contributed by atoms with Crippen LogP contribution in [-0.4, -0.2) is 29.7 Å². The number of aromatic nitrogens is 6. The lowest BCUT2D eigenvalue weighted by molar-refractivity contribution is 0.686. The van der Waals surface area contributed by atoms with Crippen LogP contribution < -0.4 is 11.1 Å². The van der Waals surface area contributed by atoms with Crippen LogP contribution in [0.1, 0.15) is 18.3 Å². The summed E-state index contributed by atoms with van der Waals surface area (Å²) in [7, 11) is 0. The van der Waals surface area contributed by atoms with E-state index >= 15 is 0 Å². The molecule has 0 unspecified atom stereocenters. The molecule has 9 heteroatoms. The Balaban J connectivity index is 1.53. The first-order valence-electron chi connectivity index (χ1n) is 9.58. The average molecular weight is 419 g/mol. The summed E-state index contributed by atoms with van der Waals surface area (Å²) < 4.78 is 2.10. The van der Waals surface area contributed by atoms with Crippen molar-refractivity contribution in [1.29, 1.82) is 0 Å². The zero-order chi connectivity index (χ0) is 20.9. The van der Waals surface area contributed by atoms with Gasteiger partial charge in [0, 0.05) is 17.8 Å². The maximum Gasteiger partial charge on any atom is 0.232 e. The van der Waals surface area contributed by atoms with Crippen molar-refractivity contribution in [3.63, 3.8) is 0 Å². The number of para-hydroxylation sites is 1. The van der Waals surface area contributed by atoms with E-state index in [9.17, 15) is 0 Å². The molecule has 0 aliphatic rings. The van der Waals surface area contributed by atoms with Gasteiger partial charge in [0.15, 0.2) is 11.0 Å². The molecule has 0 radical (unpaired) electrons. The lowest BCUT2D eigenvalue weighted by Crippen LogP contribution is -2.07. The molecule has 0 bridgehead atoms. The number of nitrogens with one attached hydrogen (secondary N) is 1. The normalized spacial score (nSPS) is 10.9. The number of aryl methyl sites for hydroxylation is 1. The first-order valence-corrected chi connectivity index (χ1v) is 10.6. The summed E-state index contributed by atoms with van der Waals surface area (Å²) in [4.78, 5) is 12.9. The van der Waals surface area contributed by atoms with Crippen LogP contribution in [0.4, 0.5) is 17.6 Å². The highest BCUT2D eigenvalue weighted by atomic mass is 32.2. The molecule has 8 nitrogen and oxygen atoms in total. The van der Waals surface area contributed by atoms with Crippen LogP contribution in [0.5, 0.6) is 0 Å². The minimum Gasteiger partial charge on any atom is -0.368 e. The zero-order valence-corrected chi connectivity index (χ0v) is 17.6. The van der Waals surface area contributed by atoms with Crippen LogP contribution in [0.25, 0.3) is 11.4 Å². The summed E-state index contributed by atoms with van der Waals surface area (Å²) in [5.41, 5.74) is 9.02. The van der Waals surface area contributed by atoms with Crippen molar-refractivity contribution in [1.82, 2.24) is 29.7 Å². The molecule has 4 aromatic rings. The predicted octanol–water partition coefficient (Wildman–Crippen LogP) is 4.08. The topological polar surface area (TPSA) is 107 Å². The third kappa shape index (κ3) is 4.41. The molecule has 0 saturated heterocycles. The molecule has 0 fully saturated rings. The molecule has 30 heavy (non-hydrogen) atoms. The Kier molecular flexibility index (Phi) is 5.89. The molecule has 0 saturated carbocycles. The first kappa shape index (κ1) is 19.8. The number of nitrogens with two attached hydrogens (primary N) is 1. The number of rotatable bonds is 7. The van der Waals surface area contributed by atoms with Crippen molar-refractivity contribution < 1.29 is 0 Å². The molecule has 4 rings (SSSR count). The van der Waals surface area contributed by atoms with Gasteiger partial charge in [-0.25, -0.2) is 0 Å². The Morgan fingerprint density at radius 3 is 2.50 bits per heavy atom. The number of benzene rings is 2. The highest BCUT2D eigenvalue weighted by Crippen LogP contribution is 2.27. The van der Waals surface area contributed by atoms with Gasteiger partial charge in [-0.05, 0) is 31.5 Å². The Morgan fingerprint density at radius 2 is 1.73 bits per heavy atom. The highest BCUT2D eigenvalue weighted by molar-refractivity contribution is 7.98. The number of thioether (sulfide) groups is 1. The summed E-state index contributed by atoms with van der Waals surface area (Å²) in [6.07, 6.45) is 0. The average Bonchev–Trinajstić information content (AvgIpc) is 3.15. The molecule has 0 aliphatic carbocycles. The number of nitrogens with zero attached hydrogens (tertiary/aromatic N) is 6. The van der Waals surface area contributed by atoms with Crippen LogP contribution in [-0.2, 0) is 12.3 Å². The van der Waals surface area contributed by atoms with Gasteiger partial charge in [-0.2, -0.15) is 15.0 Å². The quantitative estimate of drug-likeness (QED) is 0.432. The van der Waals surface area contributed by atoms with Crippen LogP contribution in [0, 0.1) is 6.92 Å². The van der Waals surface area contributed by atoms with Crippen LogP contribution in [0.2, 0.25) is 0 Å². The molecule has 3 N–H and O–H groups in total. The molecule has 0 atom stereocenters. The lowest BCUT2D eigenvalue weighted by Gasteiger charge is -2.09. The summed E-state index contributed by atoms with van der Waals surface area (Å²) in [6, 6.07) is 17.9. The molecule has 0 amide bonds. The molecule has 2 heterocycles. The van der Waals surface area contributed by atoms with Crippen molar-refractivity contribution in [2.75, 3.05) is 11.1 Å². The van der Waals surface area contributed by atoms with Crippen molar-refractivity contribution in [3.8, 4) is 11.4 Å². The van der Waals surface area contributed by atoms with Gasteiger partial charge in [-0.15, -0.1) is 10.2 Å². The summed E-state index contributed by atoms with van der Waals surface area (Å²) >= 11 is 1.52. The van der Waals surface area contributed by atoms with Crippen molar-refractivity contribution in [3.05, 3.63) is 66.0 Å². The van der Waals surface area contributed by atoms with E-state index < -0.39 is 0 Å². The summed E-state index contributed by atoms with van der Waals surface area (Å²) in [6.45, 7) is 4.92. The van der Waals surface area contributed by atoms with Crippen molar-refractivity contribution in [2.45, 2.75) is 31.3 Å². The van der Waals surface area contributed by atoms with E-state index in [1.54, 1.807) is 0 Å². The monoisotopic (exact) mass is 418 g/mol. The maximum atomic E-state index is 5.89. The second-order valence-electron chi connectivity index (χ2n) is 6.58. The molecule has 0 spiro atoms. The predicted molar refractivity (Wildman–Crippen MR) is 119 cm³/mol. The molecule has 0 aliphatic heterocycles. The van der Waals surface area contributed by atoms with Crippen LogP contribution >= 0.6 is 11.8 Å². The SMILES string of the molecule is CCn1c(SCc2nc(N)nc(Nc3ccccc3)n2)nnc1-c1ccccc1C. The Hall–Kier alpha value is -3.46. The van der Waals surface area contributed by atoms with E-state index in [4.69, 9.17) is 5.73 Å². The Labute approximate surface area is 179 Å². The lowest BCUT2D eigenvalue weighted by atomic mass is 10.1. The fourth-order valence-corrected chi connectivity index (χ4v) is 3.90. The van der Waals surface area contributed by atoms with E-state index in [1.165, 1.54) is 11.8 Å². The number of nitrogen functional groups attached to an aromatic ring is 1. The van der Waals surface area contributed by atoms with Gasteiger partial charge >= 0.3 is 0 Å². The van der Waals surface area contributed by atoms with Gasteiger partial charge in [0.05, 0.1) is 5.75 Å². The minimum absolute atomic E-state index is 0.177. The molecular weight excluding hydrogens is 396 g/mol. The molecule has 152 valence electrons. The van der Waals surface area contributed by atoms with Crippen molar-refractivity contribution >= 4 is 29.3 Å². The fraction of sp³-hybridized carbons (Fsp3) is 0.190. The van der Waals surface area contributed by atoms with Gasteiger partial charge < -0.3 is 15.6 Å². The maximum absolute atomic E-state index is 5.89. The molecule has 2 aromatic carbocycles. The zero-order valence-electron chi connectivity index (χ0n) is 16.8. The van der Waals surface area contributed by atoms with Gasteiger partial charge in [0.25, 0.3) is 0 Å². The van der Waals surface area contributed by atoms with Crippen LogP contribution in [0.15, 0.2) is 59.8 Å². The van der Waals surface area contributed by atoms with E-state index in [2.05, 4.69) is 61.0 Å². The van der Waals surface area contributed by atoms with E-state index in [1.807, 2.05) is 42.5 Å². The van der Waals surface area contributed by atoms with Gasteiger partial charge in [0.1, 0.15) is 5.82 Å². The van der Waals surface area contributed by atoms with Crippen LogP contribution in [0.3, 0.4) is 0 Å². The summed E-state index contributed by atoms with van der Waals surface area (Å²) in [5, 5.41) is 12.8. The highest BCUT2D eigenvalue weighted by Gasteiger charge is 2.15. The minimum atomic E-state index is 0.177. The van der Waals surface area contributed by atoms with E-state index in [-0.39, 0.29) is 5.95 Å². The molecule has 2 aromatic heterocycles. The number of hydrogen-bond acceptors (Lipinski definition) is 8. The third-order valence-electron chi connectivity index (χ3n) is 4.48. The Morgan fingerprint density at radius 1 is 0.967 bits per heavy atom. The van der Waals surface area contributed by atoms with Crippen molar-refractivity contribution in [2.24, 2.45) is 0 Å². The number of hydrogen-bond donors (Lipinski definition) is 2. The third-order valence-corrected chi connectivity index (χ3v) is 5.44. The number of anilines is 3. The second-order valence-corrected chi connectivity index (χ2v) is 7.52. The fourth-order valence-electron chi connectivity index (χ4n) is 3.04. The molecular formula is C21H22N8S. The Bertz CT molecular complexity index is 1140. The van der Waals surface area contributed by atoms with E-state index in [0.29, 0.717) is 17.5 Å². The second kappa shape index (κ2) is 8.91. The van der Waals surface area contributed by atoms with Gasteiger partial charge in [-0.1, -0.05) is 54.2 Å². The standard InChI is InChI=1S/C21H22N8S/c1-3-29-18(16-12-8-7-9-14(16)2)27-28-21(29)30-13-17-24-19(22)26-20(25-17)23-15-10-5-4-6-11-15/h4-12H,3,13H2,1-2H3,(H3,22,23,24,25,26). The van der Waals surface area contributed by atoms with Gasteiger partial charge in [0.2, 0.25) is 11.9 Å². The smallest absolute Gasteiger partial charge is 0.232 e. The summed E-state index contributed by atoms with van der Waals surface area (Å²) in [5.74, 6) is 2.54. The first-order chi connectivity index (χ1) is 14.6.